The van der Waals surface area contributed by atoms with Crippen LogP contribution in [0.4, 0.5) is 0 Å². The Kier molecular flexibility index (Phi) is 3.70. The van der Waals surface area contributed by atoms with Gasteiger partial charge >= 0.3 is 0 Å². The normalized spacial score (nSPS) is 23.7. The second-order valence-electron chi connectivity index (χ2n) is 4.66. The van der Waals surface area contributed by atoms with Crippen LogP contribution in [0.25, 0.3) is 0 Å². The van der Waals surface area contributed by atoms with E-state index in [1.54, 1.807) is 0 Å². The van der Waals surface area contributed by atoms with Gasteiger partial charge in [-0.05, 0) is 23.8 Å². The Morgan fingerprint density at radius 1 is 1.33 bits per heavy atom. The topological polar surface area (TPSA) is 33.7 Å². The number of hydrogen-bond acceptors (Lipinski definition) is 4. The minimum atomic E-state index is 0.196. The van der Waals surface area contributed by atoms with Gasteiger partial charge in [0.2, 0.25) is 0 Å². The predicted octanol–water partition coefficient (Wildman–Crippen LogP) is 1.48. The Morgan fingerprint density at radius 2 is 2.17 bits per heavy atom. The van der Waals surface area contributed by atoms with E-state index in [-0.39, 0.29) is 6.10 Å². The van der Waals surface area contributed by atoms with E-state index in [0.29, 0.717) is 0 Å². The molecule has 1 atom stereocenters. The number of nitrogens with one attached hydrogen (secondary N) is 1. The second kappa shape index (κ2) is 5.45. The Bertz CT molecular complexity index is 421. The van der Waals surface area contributed by atoms with Crippen LogP contribution in [0.3, 0.4) is 0 Å². The molecule has 3 rings (SSSR count). The van der Waals surface area contributed by atoms with Crippen molar-refractivity contribution < 1.29 is 9.47 Å². The van der Waals surface area contributed by atoms with Gasteiger partial charge in [-0.2, -0.15) is 0 Å². The zero-order valence-corrected chi connectivity index (χ0v) is 10.9. The molecular formula is C13H17ClN2O2. The fraction of sp³-hybridized carbons (Fsp3) is 0.538. The highest BCUT2D eigenvalue weighted by Crippen LogP contribution is 2.30. The zero-order chi connectivity index (χ0) is 12.4. The van der Waals surface area contributed by atoms with Gasteiger partial charge in [0.25, 0.3) is 0 Å². The van der Waals surface area contributed by atoms with Crippen molar-refractivity contribution in [2.75, 3.05) is 32.8 Å². The molecule has 0 spiro atoms. The number of ether oxygens (including phenoxy) is 2. The van der Waals surface area contributed by atoms with Gasteiger partial charge in [0.1, 0.15) is 11.9 Å². The quantitative estimate of drug-likeness (QED) is 0.900. The van der Waals surface area contributed by atoms with E-state index in [0.717, 1.165) is 50.0 Å². The minimum Gasteiger partial charge on any atom is -0.488 e. The van der Waals surface area contributed by atoms with Crippen LogP contribution >= 0.6 is 11.6 Å². The van der Waals surface area contributed by atoms with E-state index in [2.05, 4.69) is 10.4 Å². The summed E-state index contributed by atoms with van der Waals surface area (Å²) < 4.78 is 11.2. The highest BCUT2D eigenvalue weighted by atomic mass is 35.5. The van der Waals surface area contributed by atoms with Crippen molar-refractivity contribution in [3.63, 3.8) is 0 Å². The summed E-state index contributed by atoms with van der Waals surface area (Å²) >= 11 is 5.98. The van der Waals surface area contributed by atoms with Crippen molar-refractivity contribution in [1.82, 2.24) is 10.4 Å². The van der Waals surface area contributed by atoms with Crippen LogP contribution in [0.15, 0.2) is 18.2 Å². The van der Waals surface area contributed by atoms with E-state index in [1.165, 1.54) is 5.56 Å². The molecule has 0 aliphatic carbocycles. The van der Waals surface area contributed by atoms with Crippen molar-refractivity contribution in [2.24, 2.45) is 0 Å². The van der Waals surface area contributed by atoms with Crippen LogP contribution in [-0.2, 0) is 11.2 Å². The number of hydrazine groups is 1. The monoisotopic (exact) mass is 268 g/mol. The molecule has 0 radical (unpaired) electrons. The molecule has 0 bridgehead atoms. The summed E-state index contributed by atoms with van der Waals surface area (Å²) in [5.41, 5.74) is 4.61. The van der Waals surface area contributed by atoms with Gasteiger partial charge in [0.05, 0.1) is 13.2 Å². The summed E-state index contributed by atoms with van der Waals surface area (Å²) in [5.74, 6) is 0.966. The molecule has 2 aliphatic rings. The summed E-state index contributed by atoms with van der Waals surface area (Å²) in [7, 11) is 0. The third-order valence-electron chi connectivity index (χ3n) is 3.32. The molecule has 0 amide bonds. The van der Waals surface area contributed by atoms with Crippen molar-refractivity contribution >= 4 is 11.6 Å². The van der Waals surface area contributed by atoms with Gasteiger partial charge in [-0.25, -0.2) is 5.01 Å². The number of rotatable bonds is 3. The number of halogens is 1. The Hall–Kier alpha value is -0.810. The van der Waals surface area contributed by atoms with Crippen molar-refractivity contribution in [2.45, 2.75) is 12.5 Å². The molecule has 1 N–H and O–H groups in total. The summed E-state index contributed by atoms with van der Waals surface area (Å²) in [6, 6.07) is 5.82. The van der Waals surface area contributed by atoms with E-state index in [9.17, 15) is 0 Å². The maximum Gasteiger partial charge on any atom is 0.123 e. The average Bonchev–Trinajstić information content (AvgIpc) is 2.79. The van der Waals surface area contributed by atoms with Crippen molar-refractivity contribution in [3.05, 3.63) is 28.8 Å². The highest BCUT2D eigenvalue weighted by molar-refractivity contribution is 6.30. The molecule has 1 unspecified atom stereocenters. The van der Waals surface area contributed by atoms with Crippen molar-refractivity contribution in [3.8, 4) is 5.75 Å². The lowest BCUT2D eigenvalue weighted by atomic mass is 10.1. The van der Waals surface area contributed by atoms with Crippen LogP contribution < -0.4 is 10.2 Å². The van der Waals surface area contributed by atoms with Gasteiger partial charge in [-0.1, -0.05) is 11.6 Å². The van der Waals surface area contributed by atoms with E-state index < -0.39 is 0 Å². The molecule has 2 heterocycles. The number of morpholine rings is 1. The van der Waals surface area contributed by atoms with Crippen molar-refractivity contribution in [1.29, 1.82) is 0 Å². The van der Waals surface area contributed by atoms with Crippen LogP contribution in [-0.4, -0.2) is 44.0 Å². The number of fused-ring (bicyclic) bond motifs is 1. The first-order valence-corrected chi connectivity index (χ1v) is 6.70. The summed E-state index contributed by atoms with van der Waals surface area (Å²) in [6.45, 7) is 4.30. The first-order chi connectivity index (χ1) is 8.81. The molecule has 5 heteroatoms. The fourth-order valence-electron chi connectivity index (χ4n) is 2.36. The molecule has 18 heavy (non-hydrogen) atoms. The molecule has 1 aromatic carbocycles. The molecule has 1 fully saturated rings. The smallest absolute Gasteiger partial charge is 0.123 e. The molecule has 98 valence electrons. The van der Waals surface area contributed by atoms with Crippen LogP contribution in [0.5, 0.6) is 5.75 Å². The second-order valence-corrected chi connectivity index (χ2v) is 5.09. The number of hydrogen-bond donors (Lipinski definition) is 1. The summed E-state index contributed by atoms with van der Waals surface area (Å²) in [5, 5.41) is 2.97. The molecule has 1 aromatic rings. The van der Waals surface area contributed by atoms with Crippen LogP contribution in [0.2, 0.25) is 5.02 Å². The fourth-order valence-corrected chi connectivity index (χ4v) is 2.55. The Labute approximate surface area is 112 Å². The lowest BCUT2D eigenvalue weighted by Gasteiger charge is -2.28. The minimum absolute atomic E-state index is 0.196. The Balaban J connectivity index is 1.51. The molecule has 1 saturated heterocycles. The number of nitrogens with zero attached hydrogens (tertiary/aromatic N) is 1. The third-order valence-corrected chi connectivity index (χ3v) is 3.55. The maximum atomic E-state index is 5.98. The lowest BCUT2D eigenvalue weighted by Crippen LogP contribution is -2.48. The SMILES string of the molecule is Clc1ccc2c(c1)CC(CNN1CCOCC1)O2. The highest BCUT2D eigenvalue weighted by Gasteiger charge is 2.23. The van der Waals surface area contributed by atoms with Gasteiger partial charge in [0, 0.05) is 31.1 Å². The Morgan fingerprint density at radius 3 is 3.00 bits per heavy atom. The maximum absolute atomic E-state index is 5.98. The lowest BCUT2D eigenvalue weighted by molar-refractivity contribution is 0.00625. The standard InChI is InChI=1S/C13H17ClN2O2/c14-11-1-2-13-10(7-11)8-12(18-13)9-15-16-3-5-17-6-4-16/h1-2,7,12,15H,3-6,8-9H2. The first-order valence-electron chi connectivity index (χ1n) is 6.32. The number of benzene rings is 1. The molecule has 0 saturated carbocycles. The van der Waals surface area contributed by atoms with E-state index in [1.807, 2.05) is 18.2 Å². The van der Waals surface area contributed by atoms with E-state index in [4.69, 9.17) is 21.1 Å². The average molecular weight is 269 g/mol. The van der Waals surface area contributed by atoms with E-state index >= 15 is 0 Å². The first kappa shape index (κ1) is 12.2. The zero-order valence-electron chi connectivity index (χ0n) is 10.2. The van der Waals surface area contributed by atoms with Gasteiger partial charge in [-0.3, -0.25) is 5.43 Å². The summed E-state index contributed by atoms with van der Waals surface area (Å²) in [4.78, 5) is 0. The largest absolute Gasteiger partial charge is 0.488 e. The van der Waals surface area contributed by atoms with Crippen LogP contribution in [0, 0.1) is 0 Å². The molecular weight excluding hydrogens is 252 g/mol. The van der Waals surface area contributed by atoms with Crippen LogP contribution in [0.1, 0.15) is 5.56 Å². The summed E-state index contributed by atoms with van der Waals surface area (Å²) in [6.07, 6.45) is 1.12. The van der Waals surface area contributed by atoms with Gasteiger partial charge in [-0.15, -0.1) is 0 Å². The molecule has 0 aromatic heterocycles. The van der Waals surface area contributed by atoms with Gasteiger partial charge in [0.15, 0.2) is 0 Å². The van der Waals surface area contributed by atoms with Gasteiger partial charge < -0.3 is 9.47 Å². The molecule has 4 nitrogen and oxygen atoms in total. The predicted molar refractivity (Wildman–Crippen MR) is 70.0 cm³/mol. The molecule has 2 aliphatic heterocycles. The third kappa shape index (κ3) is 2.78.